The number of amides is 4. The van der Waals surface area contributed by atoms with E-state index in [0.29, 0.717) is 18.8 Å². The van der Waals surface area contributed by atoms with Crippen molar-refractivity contribution in [2.45, 2.75) is 31.3 Å². The number of urea groups is 1. The lowest BCUT2D eigenvalue weighted by Gasteiger charge is -2.53. The average molecular weight is 524 g/mol. The third-order valence-corrected chi connectivity index (χ3v) is 7.97. The fraction of sp³-hybridized carbons (Fsp3) is 0.417. The number of piperazine rings is 1. The number of rotatable bonds is 3. The molecule has 37 heavy (non-hydrogen) atoms. The Balaban J connectivity index is 1.40. The highest BCUT2D eigenvalue weighted by atomic mass is 32.1. The predicted molar refractivity (Wildman–Crippen MR) is 136 cm³/mol. The van der Waals surface area contributed by atoms with E-state index < -0.39 is 34.9 Å². The average Bonchev–Trinajstić information content (AvgIpc) is 3.67. The lowest BCUT2D eigenvalue weighted by molar-refractivity contribution is -0.147. The van der Waals surface area contributed by atoms with Gasteiger partial charge in [0.15, 0.2) is 10.2 Å². The number of nitrogens with one attached hydrogen (secondary N) is 3. The fourth-order valence-corrected chi connectivity index (χ4v) is 5.96. The van der Waals surface area contributed by atoms with Gasteiger partial charge < -0.3 is 14.9 Å². The molecule has 4 aliphatic rings. The van der Waals surface area contributed by atoms with Gasteiger partial charge in [0.2, 0.25) is 17.7 Å². The van der Waals surface area contributed by atoms with Crippen LogP contribution in [-0.4, -0.2) is 76.3 Å². The minimum atomic E-state index is -1.48. The third-order valence-electron chi connectivity index (χ3n) is 7.67. The number of fused-ring (bicyclic) bond motifs is 4. The maximum absolute atomic E-state index is 13.2. The van der Waals surface area contributed by atoms with Crippen LogP contribution in [0.1, 0.15) is 30.0 Å². The van der Waals surface area contributed by atoms with Gasteiger partial charge in [-0.1, -0.05) is 0 Å². The third kappa shape index (κ3) is 3.68. The smallest absolute Gasteiger partial charge is 0.328 e. The minimum Gasteiger partial charge on any atom is -0.494 e. The van der Waals surface area contributed by atoms with Gasteiger partial charge in [-0.05, 0) is 62.3 Å². The lowest BCUT2D eigenvalue weighted by atomic mass is 9.68. The number of likely N-dealkylation sites (N-methyl/N-ethyl adjacent to an activating group) is 1. The summed E-state index contributed by atoms with van der Waals surface area (Å²) >= 11 is 5.20. The molecule has 13 heteroatoms. The summed E-state index contributed by atoms with van der Waals surface area (Å²) in [5.74, 6) is -1.45. The molecule has 3 fully saturated rings. The maximum atomic E-state index is 13.2. The molecule has 1 spiro atoms. The van der Waals surface area contributed by atoms with Gasteiger partial charge in [-0.3, -0.25) is 39.6 Å². The summed E-state index contributed by atoms with van der Waals surface area (Å²) in [7, 11) is 1.94. The van der Waals surface area contributed by atoms with Crippen LogP contribution in [0.25, 0.3) is 0 Å². The molecule has 2 saturated heterocycles. The molecular formula is C24H25N7O5S. The van der Waals surface area contributed by atoms with Crippen molar-refractivity contribution < 1.29 is 19.5 Å². The Morgan fingerprint density at radius 3 is 2.57 bits per heavy atom. The fourth-order valence-electron chi connectivity index (χ4n) is 5.63. The Bertz CT molecular complexity index is 1490. The quantitative estimate of drug-likeness (QED) is 0.261. The van der Waals surface area contributed by atoms with Crippen LogP contribution in [0.4, 0.5) is 16.2 Å². The zero-order valence-corrected chi connectivity index (χ0v) is 20.8. The second kappa shape index (κ2) is 8.35. The van der Waals surface area contributed by atoms with Crippen LogP contribution >= 0.6 is 12.2 Å². The second-order valence-corrected chi connectivity index (χ2v) is 10.4. The van der Waals surface area contributed by atoms with Crippen LogP contribution in [0, 0.1) is 10.2 Å². The Hall–Kier alpha value is -3.84. The molecule has 12 nitrogen and oxygen atoms in total. The first kappa shape index (κ1) is 23.6. The van der Waals surface area contributed by atoms with Crippen molar-refractivity contribution in [2.24, 2.45) is 10.4 Å². The number of anilines is 1. The number of barbiturate groups is 1. The lowest BCUT2D eigenvalue weighted by Crippen LogP contribution is -2.74. The number of nitrogens with zero attached hydrogens (tertiary/aromatic N) is 4. The van der Waals surface area contributed by atoms with Gasteiger partial charge >= 0.3 is 6.03 Å². The molecular weight excluding hydrogens is 498 g/mol. The second-order valence-electron chi connectivity index (χ2n) is 10.0. The van der Waals surface area contributed by atoms with E-state index in [9.17, 15) is 24.3 Å². The van der Waals surface area contributed by atoms with E-state index >= 15 is 0 Å². The number of aromatic amines is 1. The number of imide groups is 2. The van der Waals surface area contributed by atoms with Crippen LogP contribution < -0.4 is 21.1 Å². The zero-order valence-electron chi connectivity index (χ0n) is 20.0. The van der Waals surface area contributed by atoms with Gasteiger partial charge in [0, 0.05) is 37.6 Å². The van der Waals surface area contributed by atoms with Crippen molar-refractivity contribution in [3.63, 3.8) is 0 Å². The monoisotopic (exact) mass is 523 g/mol. The number of H-pyrrole nitrogens is 1. The van der Waals surface area contributed by atoms with Crippen molar-refractivity contribution in [3.05, 3.63) is 44.5 Å². The zero-order chi connectivity index (χ0) is 26.1. The first-order valence-electron chi connectivity index (χ1n) is 12.1. The Morgan fingerprint density at radius 1 is 1.14 bits per heavy atom. The number of aromatic nitrogens is 2. The number of carbonyl (C=O) groups excluding carboxylic acids is 3. The summed E-state index contributed by atoms with van der Waals surface area (Å²) < 4.78 is 1.70. The highest BCUT2D eigenvalue weighted by Gasteiger charge is 2.60. The van der Waals surface area contributed by atoms with Gasteiger partial charge in [-0.25, -0.2) is 4.79 Å². The first-order valence-corrected chi connectivity index (χ1v) is 12.5. The molecule has 0 radical (unpaired) electrons. The van der Waals surface area contributed by atoms with Crippen LogP contribution in [0.5, 0.6) is 5.88 Å². The summed E-state index contributed by atoms with van der Waals surface area (Å²) in [5.41, 5.74) is 0.0695. The van der Waals surface area contributed by atoms with Gasteiger partial charge in [-0.2, -0.15) is 0 Å². The summed E-state index contributed by atoms with van der Waals surface area (Å²) in [6.07, 6.45) is 3.12. The number of benzene rings is 1. The van der Waals surface area contributed by atoms with Gasteiger partial charge in [0.05, 0.1) is 11.7 Å². The predicted octanol–water partition coefficient (Wildman–Crippen LogP) is 0.726. The topological polar surface area (TPSA) is 152 Å². The molecule has 192 valence electrons. The molecule has 6 rings (SSSR count). The van der Waals surface area contributed by atoms with E-state index in [0.717, 1.165) is 30.6 Å². The molecule has 4 N–H and O–H groups in total. The van der Waals surface area contributed by atoms with E-state index in [2.05, 4.69) is 30.4 Å². The number of aromatic hydroxyl groups is 1. The standard InChI is InChI=1S/C24H25N7O5S/c1-29-6-7-30-16-5-2-13(25-10-15-18(32)26-23(37)31(19(15)33)14-3-4-14)8-12(16)9-24(17(30)11-29)20(34)27-22(36)28-21(24)35/h2,5,8,10,14,17,33H,3-4,6-7,9,11H2,1H3,(H,26,32,37)(H2,27,28,34,35,36). The molecule has 4 heterocycles. The van der Waals surface area contributed by atoms with Gasteiger partial charge in [0.1, 0.15) is 5.56 Å². The van der Waals surface area contributed by atoms with Crippen molar-refractivity contribution in [2.75, 3.05) is 31.6 Å². The van der Waals surface area contributed by atoms with Gasteiger partial charge in [-0.15, -0.1) is 0 Å². The maximum Gasteiger partial charge on any atom is 0.328 e. The molecule has 1 aromatic heterocycles. The Labute approximate surface area is 216 Å². The van der Waals surface area contributed by atoms with E-state index in [-0.39, 0.29) is 28.7 Å². The molecule has 3 aliphatic heterocycles. The minimum absolute atomic E-state index is 0.00151. The Kier molecular flexibility index (Phi) is 5.31. The van der Waals surface area contributed by atoms with E-state index in [1.54, 1.807) is 12.1 Å². The van der Waals surface area contributed by atoms with Crippen LogP contribution in [0.2, 0.25) is 0 Å². The number of hydrogen-bond donors (Lipinski definition) is 4. The van der Waals surface area contributed by atoms with E-state index in [4.69, 9.17) is 12.2 Å². The first-order chi connectivity index (χ1) is 17.7. The largest absolute Gasteiger partial charge is 0.494 e. The molecule has 0 bridgehead atoms. The van der Waals surface area contributed by atoms with E-state index in [1.165, 1.54) is 10.8 Å². The summed E-state index contributed by atoms with van der Waals surface area (Å²) in [5, 5.41) is 15.3. The van der Waals surface area contributed by atoms with Crippen molar-refractivity contribution >= 4 is 47.7 Å². The summed E-state index contributed by atoms with van der Waals surface area (Å²) in [6, 6.07) is 4.23. The Morgan fingerprint density at radius 2 is 1.86 bits per heavy atom. The van der Waals surface area contributed by atoms with Crippen LogP contribution in [-0.2, 0) is 16.0 Å². The van der Waals surface area contributed by atoms with E-state index in [1.807, 2.05) is 13.1 Å². The molecule has 2 aromatic rings. The molecule has 1 saturated carbocycles. The molecule has 1 unspecified atom stereocenters. The normalized spacial score (nSPS) is 23.1. The number of carbonyl (C=O) groups is 3. The van der Waals surface area contributed by atoms with Crippen molar-refractivity contribution in [3.8, 4) is 5.88 Å². The molecule has 1 aromatic carbocycles. The molecule has 1 atom stereocenters. The van der Waals surface area contributed by atoms with Crippen LogP contribution in [0.3, 0.4) is 0 Å². The number of aliphatic imine (C=N–C) groups is 1. The van der Waals surface area contributed by atoms with Crippen molar-refractivity contribution in [1.82, 2.24) is 25.1 Å². The van der Waals surface area contributed by atoms with Gasteiger partial charge in [0.25, 0.3) is 5.56 Å². The molecule has 1 aliphatic carbocycles. The van der Waals surface area contributed by atoms with Crippen LogP contribution in [0.15, 0.2) is 28.0 Å². The summed E-state index contributed by atoms with van der Waals surface area (Å²) in [6.45, 7) is 1.83. The van der Waals surface area contributed by atoms with Crippen molar-refractivity contribution in [1.29, 1.82) is 0 Å². The SMILES string of the molecule is CN1CCN2c3ccc(N=Cc4c(O)n(C5CC5)c(=S)[nH]c4=O)cc3CC3(C(=O)NC(=O)NC3=O)C2C1. The molecule has 4 amide bonds. The highest BCUT2D eigenvalue weighted by Crippen LogP contribution is 2.45. The highest BCUT2D eigenvalue weighted by molar-refractivity contribution is 7.71. The summed E-state index contributed by atoms with van der Waals surface area (Å²) in [4.78, 5) is 61.9. The number of hydrogen-bond acceptors (Lipinski definition) is 9.